The molecule has 0 aliphatic heterocycles. The van der Waals surface area contributed by atoms with Gasteiger partial charge in [-0.15, -0.1) is 17.0 Å². The number of halogens is 1. The van der Waals surface area contributed by atoms with Crippen LogP contribution in [0.5, 0.6) is 5.75 Å². The van der Waals surface area contributed by atoms with Crippen molar-refractivity contribution in [2.24, 2.45) is 0 Å². The van der Waals surface area contributed by atoms with E-state index in [1.54, 1.807) is 6.07 Å². The fraction of sp³-hybridized carbons (Fsp3) is 0.333. The lowest BCUT2D eigenvalue weighted by atomic mass is 10.1. The summed E-state index contributed by atoms with van der Waals surface area (Å²) in [7, 11) is 0. The van der Waals surface area contributed by atoms with Gasteiger partial charge < -0.3 is 11.3 Å². The van der Waals surface area contributed by atoms with Crippen LogP contribution in [-0.2, 0) is 6.42 Å². The van der Waals surface area contributed by atoms with Crippen LogP contribution in [0.2, 0.25) is 0 Å². The van der Waals surface area contributed by atoms with E-state index in [1.807, 2.05) is 19.1 Å². The van der Waals surface area contributed by atoms with Crippen molar-refractivity contribution in [2.45, 2.75) is 20.3 Å². The molecule has 2 nitrogen and oxygen atoms in total. The maximum Gasteiger partial charge on any atom is 0.118 e. The van der Waals surface area contributed by atoms with E-state index in [-0.39, 0.29) is 23.1 Å². The van der Waals surface area contributed by atoms with Gasteiger partial charge in [0.1, 0.15) is 5.75 Å². The molecule has 1 aromatic carbocycles. The molecule has 0 saturated carbocycles. The molecule has 0 aliphatic rings. The third kappa shape index (κ3) is 3.24. The van der Waals surface area contributed by atoms with Gasteiger partial charge in [0.15, 0.2) is 0 Å². The normalized spacial score (nSPS) is 8.17. The minimum atomic E-state index is 0. The number of aryl methyl sites for hydroxylation is 2. The van der Waals surface area contributed by atoms with Gasteiger partial charge in [0.25, 0.3) is 0 Å². The summed E-state index contributed by atoms with van der Waals surface area (Å²) in [6, 6.07) is 5.70. The van der Waals surface area contributed by atoms with Crippen LogP contribution in [0.15, 0.2) is 18.2 Å². The molecule has 0 radical (unpaired) electrons. The predicted octanol–water partition coefficient (Wildman–Crippen LogP) is 3.00. The lowest BCUT2D eigenvalue weighted by Crippen LogP contribution is -1.80. The quantitative estimate of drug-likeness (QED) is 0.784. The van der Waals surface area contributed by atoms with Crippen molar-refractivity contribution in [2.75, 3.05) is 0 Å². The molecule has 0 spiro atoms. The number of aromatic hydroxyl groups is 1. The Bertz CT molecular complexity index is 238. The van der Waals surface area contributed by atoms with Crippen molar-refractivity contribution in [1.82, 2.24) is 6.15 Å². The van der Waals surface area contributed by atoms with Crippen molar-refractivity contribution in [3.05, 3.63) is 29.3 Å². The third-order valence-corrected chi connectivity index (χ3v) is 1.67. The first-order chi connectivity index (χ1) is 4.74. The van der Waals surface area contributed by atoms with Gasteiger partial charge in [0, 0.05) is 0 Å². The summed E-state index contributed by atoms with van der Waals surface area (Å²) in [4.78, 5) is 0. The van der Waals surface area contributed by atoms with Crippen molar-refractivity contribution < 1.29 is 5.11 Å². The van der Waals surface area contributed by atoms with Crippen LogP contribution in [0.3, 0.4) is 0 Å². The van der Waals surface area contributed by atoms with E-state index in [1.165, 1.54) is 5.56 Å². The highest BCUT2D eigenvalue weighted by molar-refractivity contribution is 8.93. The van der Waals surface area contributed by atoms with Crippen LogP contribution in [0.25, 0.3) is 0 Å². The molecular weight excluding hydrogens is 218 g/mol. The fourth-order valence-corrected chi connectivity index (χ4v) is 0.937. The fourth-order valence-electron chi connectivity index (χ4n) is 0.937. The SMILES string of the molecule is Br.CCc1ccc(O)c(C)c1.N. The van der Waals surface area contributed by atoms with Crippen molar-refractivity contribution in [1.29, 1.82) is 0 Å². The van der Waals surface area contributed by atoms with Crippen LogP contribution in [0, 0.1) is 6.92 Å². The molecule has 0 aliphatic carbocycles. The number of hydrogen-bond donors (Lipinski definition) is 2. The monoisotopic (exact) mass is 233 g/mol. The minimum Gasteiger partial charge on any atom is -0.508 e. The zero-order chi connectivity index (χ0) is 7.56. The molecule has 0 aromatic heterocycles. The van der Waals surface area contributed by atoms with Gasteiger partial charge in [-0.05, 0) is 30.5 Å². The molecule has 0 atom stereocenters. The van der Waals surface area contributed by atoms with Crippen LogP contribution in [0.1, 0.15) is 18.1 Å². The lowest BCUT2D eigenvalue weighted by Gasteiger charge is -1.99. The van der Waals surface area contributed by atoms with E-state index in [0.717, 1.165) is 12.0 Å². The molecule has 0 unspecified atom stereocenters. The molecule has 0 fully saturated rings. The highest BCUT2D eigenvalue weighted by atomic mass is 79.9. The zero-order valence-corrected chi connectivity index (χ0v) is 9.21. The van der Waals surface area contributed by atoms with E-state index in [4.69, 9.17) is 5.11 Å². The van der Waals surface area contributed by atoms with Crippen LogP contribution in [-0.4, -0.2) is 5.11 Å². The summed E-state index contributed by atoms with van der Waals surface area (Å²) >= 11 is 0. The van der Waals surface area contributed by atoms with Gasteiger partial charge in [0.2, 0.25) is 0 Å². The Labute approximate surface area is 84.0 Å². The van der Waals surface area contributed by atoms with E-state index >= 15 is 0 Å². The molecule has 0 bridgehead atoms. The van der Waals surface area contributed by atoms with Gasteiger partial charge >= 0.3 is 0 Å². The summed E-state index contributed by atoms with van der Waals surface area (Å²) in [5.74, 6) is 0.386. The van der Waals surface area contributed by atoms with Crippen LogP contribution >= 0.6 is 17.0 Å². The van der Waals surface area contributed by atoms with E-state index in [0.29, 0.717) is 5.75 Å². The number of hydrogen-bond acceptors (Lipinski definition) is 2. The molecular formula is C9H16BrNO. The van der Waals surface area contributed by atoms with Gasteiger partial charge in [0.05, 0.1) is 0 Å². The molecule has 0 saturated heterocycles. The van der Waals surface area contributed by atoms with Gasteiger partial charge in [-0.1, -0.05) is 19.1 Å². The number of phenolic OH excluding ortho intramolecular Hbond substituents is 1. The third-order valence-electron chi connectivity index (χ3n) is 1.67. The summed E-state index contributed by atoms with van der Waals surface area (Å²) in [6.07, 6.45) is 1.03. The molecule has 1 aromatic rings. The molecule has 4 N–H and O–H groups in total. The second-order valence-electron chi connectivity index (χ2n) is 2.47. The Morgan fingerprint density at radius 3 is 2.33 bits per heavy atom. The predicted molar refractivity (Wildman–Crippen MR) is 57.6 cm³/mol. The second-order valence-corrected chi connectivity index (χ2v) is 2.47. The van der Waals surface area contributed by atoms with E-state index < -0.39 is 0 Å². The first-order valence-corrected chi connectivity index (χ1v) is 3.52. The smallest absolute Gasteiger partial charge is 0.118 e. The molecule has 12 heavy (non-hydrogen) atoms. The van der Waals surface area contributed by atoms with E-state index in [9.17, 15) is 0 Å². The first kappa shape index (κ1) is 14.0. The summed E-state index contributed by atoms with van der Waals surface area (Å²) in [6.45, 7) is 4.01. The van der Waals surface area contributed by atoms with E-state index in [2.05, 4.69) is 6.92 Å². The zero-order valence-electron chi connectivity index (χ0n) is 7.50. The number of benzene rings is 1. The van der Waals surface area contributed by atoms with Crippen LogP contribution < -0.4 is 6.15 Å². The topological polar surface area (TPSA) is 55.2 Å². The van der Waals surface area contributed by atoms with Crippen molar-refractivity contribution in [3.8, 4) is 5.75 Å². The standard InChI is InChI=1S/C9H12O.BrH.H3N/c1-3-8-4-5-9(10)7(2)6-8;;/h4-6,10H,3H2,1-2H3;1H;1H3. The molecule has 1 rings (SSSR count). The summed E-state index contributed by atoms with van der Waals surface area (Å²) < 4.78 is 0. The number of phenols is 1. The van der Waals surface area contributed by atoms with Crippen molar-refractivity contribution in [3.63, 3.8) is 0 Å². The maximum absolute atomic E-state index is 9.14. The Kier molecular flexibility index (Phi) is 7.04. The first-order valence-electron chi connectivity index (χ1n) is 3.52. The number of rotatable bonds is 1. The van der Waals surface area contributed by atoms with Gasteiger partial charge in [-0.2, -0.15) is 0 Å². The highest BCUT2D eigenvalue weighted by Crippen LogP contribution is 2.16. The minimum absolute atomic E-state index is 0. The molecule has 0 amide bonds. The van der Waals surface area contributed by atoms with Crippen LogP contribution in [0.4, 0.5) is 0 Å². The lowest BCUT2D eigenvalue weighted by molar-refractivity contribution is 0.471. The highest BCUT2D eigenvalue weighted by Gasteiger charge is 1.94. The Balaban J connectivity index is 0. The van der Waals surface area contributed by atoms with Gasteiger partial charge in [-0.3, -0.25) is 0 Å². The largest absolute Gasteiger partial charge is 0.508 e. The Morgan fingerprint density at radius 1 is 1.33 bits per heavy atom. The molecule has 0 heterocycles. The Hall–Kier alpha value is -0.540. The van der Waals surface area contributed by atoms with Gasteiger partial charge in [-0.25, -0.2) is 0 Å². The molecule has 70 valence electrons. The summed E-state index contributed by atoms with van der Waals surface area (Å²) in [5, 5.41) is 9.14. The summed E-state index contributed by atoms with van der Waals surface area (Å²) in [5.41, 5.74) is 2.23. The second kappa shape index (κ2) is 6.03. The Morgan fingerprint density at radius 2 is 1.92 bits per heavy atom. The average molecular weight is 234 g/mol. The average Bonchev–Trinajstić information content (AvgIpc) is 1.95. The molecule has 3 heteroatoms. The van der Waals surface area contributed by atoms with Crippen molar-refractivity contribution >= 4 is 17.0 Å². The maximum atomic E-state index is 9.14.